The van der Waals surface area contributed by atoms with Crippen LogP contribution in [0.3, 0.4) is 0 Å². The molecule has 0 saturated carbocycles. The number of nitrogens with one attached hydrogen (secondary N) is 2. The second-order valence-electron chi connectivity index (χ2n) is 2.55. The monoisotopic (exact) mass is 164 g/mol. The Balaban J connectivity index is 2.84. The molecule has 0 spiro atoms. The predicted molar refractivity (Wildman–Crippen MR) is 44.6 cm³/mol. The lowest BCUT2D eigenvalue weighted by atomic mass is 10.5. The highest BCUT2D eigenvalue weighted by atomic mass is 15.1. The van der Waals surface area contributed by atoms with Crippen LogP contribution in [0.15, 0.2) is 12.7 Å². The number of H-pyrrole nitrogens is 1. The molecule has 0 fully saturated rings. The lowest BCUT2D eigenvalue weighted by Crippen LogP contribution is -2.26. The minimum absolute atomic E-state index is 0.837. The number of rotatable bonds is 1. The van der Waals surface area contributed by atoms with Crippen LogP contribution < -0.4 is 9.88 Å². The fraction of sp³-hybridized carbons (Fsp3) is 0.286. The van der Waals surface area contributed by atoms with Crippen LogP contribution in [0.25, 0.3) is 11.2 Å². The number of aromatic amines is 1. The molecule has 2 rings (SSSR count). The Hall–Kier alpha value is -1.65. The van der Waals surface area contributed by atoms with Crippen molar-refractivity contribution >= 4 is 17.0 Å². The Morgan fingerprint density at radius 1 is 1.50 bits per heavy atom. The third-order valence-electron chi connectivity index (χ3n) is 1.81. The molecule has 0 aliphatic heterocycles. The normalized spacial score (nSPS) is 10.5. The van der Waals surface area contributed by atoms with Crippen LogP contribution in [-0.4, -0.2) is 22.0 Å². The SMILES string of the molecule is CNc1ncnc2[nH]c[n+](C)c12. The molecule has 0 atom stereocenters. The summed E-state index contributed by atoms with van der Waals surface area (Å²) in [4.78, 5) is 11.2. The van der Waals surface area contributed by atoms with E-state index in [1.807, 2.05) is 25.0 Å². The first-order valence-electron chi connectivity index (χ1n) is 3.68. The molecule has 5 heteroatoms. The molecule has 62 valence electrons. The molecule has 0 aromatic carbocycles. The molecular weight excluding hydrogens is 154 g/mol. The topological polar surface area (TPSA) is 57.5 Å². The number of hydrogen-bond acceptors (Lipinski definition) is 3. The van der Waals surface area contributed by atoms with E-state index in [9.17, 15) is 0 Å². The summed E-state index contributed by atoms with van der Waals surface area (Å²) in [5.74, 6) is 0.837. The van der Waals surface area contributed by atoms with Gasteiger partial charge in [-0.1, -0.05) is 0 Å². The molecule has 12 heavy (non-hydrogen) atoms. The maximum Gasteiger partial charge on any atom is 0.271 e. The number of hydrogen-bond donors (Lipinski definition) is 2. The molecular formula is C7H10N5+. The van der Waals surface area contributed by atoms with E-state index in [0.29, 0.717) is 0 Å². The lowest BCUT2D eigenvalue weighted by molar-refractivity contribution is -0.644. The zero-order chi connectivity index (χ0) is 8.55. The quantitative estimate of drug-likeness (QED) is 0.575. The highest BCUT2D eigenvalue weighted by Gasteiger charge is 2.12. The first-order valence-corrected chi connectivity index (χ1v) is 3.68. The summed E-state index contributed by atoms with van der Waals surface area (Å²) in [5.41, 5.74) is 1.83. The molecule has 2 aromatic rings. The van der Waals surface area contributed by atoms with Crippen LogP contribution in [0.1, 0.15) is 0 Å². The second kappa shape index (κ2) is 2.44. The molecule has 0 unspecified atom stereocenters. The van der Waals surface area contributed by atoms with Gasteiger partial charge in [0.05, 0.1) is 7.05 Å². The van der Waals surface area contributed by atoms with Gasteiger partial charge in [0.2, 0.25) is 11.8 Å². The van der Waals surface area contributed by atoms with Gasteiger partial charge in [-0.15, -0.1) is 0 Å². The van der Waals surface area contributed by atoms with Crippen LogP contribution in [0.4, 0.5) is 5.82 Å². The second-order valence-corrected chi connectivity index (χ2v) is 2.55. The number of anilines is 1. The Morgan fingerprint density at radius 2 is 2.33 bits per heavy atom. The summed E-state index contributed by atoms with van der Waals surface area (Å²) in [5, 5.41) is 3.00. The average Bonchev–Trinajstić information content (AvgIpc) is 2.48. The van der Waals surface area contributed by atoms with E-state index in [1.54, 1.807) is 0 Å². The van der Waals surface area contributed by atoms with Crippen LogP contribution in [-0.2, 0) is 7.05 Å². The van der Waals surface area contributed by atoms with E-state index in [1.165, 1.54) is 6.33 Å². The molecule has 2 aromatic heterocycles. The van der Waals surface area contributed by atoms with E-state index in [-0.39, 0.29) is 0 Å². The number of imidazole rings is 1. The fourth-order valence-electron chi connectivity index (χ4n) is 1.22. The number of aryl methyl sites for hydroxylation is 1. The van der Waals surface area contributed by atoms with Crippen molar-refractivity contribution in [2.75, 3.05) is 12.4 Å². The van der Waals surface area contributed by atoms with Gasteiger partial charge < -0.3 is 5.32 Å². The fourth-order valence-corrected chi connectivity index (χ4v) is 1.22. The Morgan fingerprint density at radius 3 is 3.08 bits per heavy atom. The van der Waals surface area contributed by atoms with Gasteiger partial charge in [0.25, 0.3) is 5.65 Å². The average molecular weight is 164 g/mol. The van der Waals surface area contributed by atoms with Gasteiger partial charge in [-0.3, -0.25) is 0 Å². The van der Waals surface area contributed by atoms with E-state index in [2.05, 4.69) is 20.3 Å². The highest BCUT2D eigenvalue weighted by Crippen LogP contribution is 2.10. The summed E-state index contributed by atoms with van der Waals surface area (Å²) in [7, 11) is 3.79. The summed E-state index contributed by atoms with van der Waals surface area (Å²) >= 11 is 0. The van der Waals surface area contributed by atoms with Crippen LogP contribution in [0.2, 0.25) is 0 Å². The largest absolute Gasteiger partial charge is 0.369 e. The summed E-state index contributed by atoms with van der Waals surface area (Å²) < 4.78 is 1.95. The van der Waals surface area contributed by atoms with Gasteiger partial charge in [-0.05, 0) is 0 Å². The third kappa shape index (κ3) is 0.827. The van der Waals surface area contributed by atoms with Crippen molar-refractivity contribution in [2.45, 2.75) is 0 Å². The predicted octanol–water partition coefficient (Wildman–Crippen LogP) is -0.176. The molecule has 0 aliphatic rings. The van der Waals surface area contributed by atoms with Crippen molar-refractivity contribution in [3.8, 4) is 0 Å². The molecule has 0 aliphatic carbocycles. The summed E-state index contributed by atoms with van der Waals surface area (Å²) in [6, 6.07) is 0. The van der Waals surface area contributed by atoms with Gasteiger partial charge in [0.15, 0.2) is 5.82 Å². The van der Waals surface area contributed by atoms with Crippen molar-refractivity contribution in [3.63, 3.8) is 0 Å². The van der Waals surface area contributed by atoms with Crippen molar-refractivity contribution in [2.24, 2.45) is 7.05 Å². The summed E-state index contributed by atoms with van der Waals surface area (Å²) in [6.07, 6.45) is 3.38. The van der Waals surface area contributed by atoms with E-state index in [0.717, 1.165) is 17.0 Å². The van der Waals surface area contributed by atoms with Gasteiger partial charge in [-0.25, -0.2) is 14.5 Å². The highest BCUT2D eigenvalue weighted by molar-refractivity contribution is 5.78. The Labute approximate surface area is 69.5 Å². The first kappa shape index (κ1) is 7.02. The third-order valence-corrected chi connectivity index (χ3v) is 1.81. The molecule has 0 bridgehead atoms. The van der Waals surface area contributed by atoms with Crippen molar-refractivity contribution in [1.29, 1.82) is 0 Å². The molecule has 0 amide bonds. The zero-order valence-corrected chi connectivity index (χ0v) is 7.00. The van der Waals surface area contributed by atoms with Gasteiger partial charge in [0, 0.05) is 7.05 Å². The van der Waals surface area contributed by atoms with Crippen molar-refractivity contribution < 1.29 is 4.57 Å². The van der Waals surface area contributed by atoms with E-state index in [4.69, 9.17) is 0 Å². The van der Waals surface area contributed by atoms with E-state index < -0.39 is 0 Å². The first-order chi connectivity index (χ1) is 5.83. The maximum atomic E-state index is 4.10. The van der Waals surface area contributed by atoms with Crippen molar-refractivity contribution in [3.05, 3.63) is 12.7 Å². The van der Waals surface area contributed by atoms with Gasteiger partial charge in [-0.2, -0.15) is 4.98 Å². The van der Waals surface area contributed by atoms with Gasteiger partial charge >= 0.3 is 0 Å². The molecule has 5 nitrogen and oxygen atoms in total. The minimum atomic E-state index is 0.837. The molecule has 2 N–H and O–H groups in total. The number of nitrogens with zero attached hydrogens (tertiary/aromatic N) is 3. The van der Waals surface area contributed by atoms with Gasteiger partial charge in [0.1, 0.15) is 6.33 Å². The summed E-state index contributed by atoms with van der Waals surface area (Å²) in [6.45, 7) is 0. The zero-order valence-electron chi connectivity index (χ0n) is 7.00. The van der Waals surface area contributed by atoms with Crippen LogP contribution >= 0.6 is 0 Å². The lowest BCUT2D eigenvalue weighted by Gasteiger charge is -1.96. The number of fused-ring (bicyclic) bond motifs is 1. The molecule has 2 heterocycles. The maximum absolute atomic E-state index is 4.10. The van der Waals surface area contributed by atoms with Crippen LogP contribution in [0.5, 0.6) is 0 Å². The Bertz CT molecular complexity index is 405. The van der Waals surface area contributed by atoms with E-state index >= 15 is 0 Å². The molecule has 0 saturated heterocycles. The standard InChI is InChI=1S/C7H9N5/c1-8-6-5-7(10-3-9-6)11-4-12(5)2/h3-4H,1-2H3,(H,8,9,10)/p+1. The Kier molecular flexibility index (Phi) is 1.43. The molecule has 0 radical (unpaired) electrons. The number of aromatic nitrogens is 4. The van der Waals surface area contributed by atoms with Crippen LogP contribution in [0, 0.1) is 0 Å². The smallest absolute Gasteiger partial charge is 0.271 e. The van der Waals surface area contributed by atoms with Crippen molar-refractivity contribution in [1.82, 2.24) is 15.0 Å². The minimum Gasteiger partial charge on any atom is -0.369 e.